The van der Waals surface area contributed by atoms with Gasteiger partial charge in [0.2, 0.25) is 5.91 Å². The van der Waals surface area contributed by atoms with Crippen LogP contribution in [0.2, 0.25) is 5.02 Å². The van der Waals surface area contributed by atoms with Gasteiger partial charge in [-0.1, -0.05) is 17.7 Å². The van der Waals surface area contributed by atoms with E-state index < -0.39 is 0 Å². The highest BCUT2D eigenvalue weighted by Crippen LogP contribution is 2.29. The van der Waals surface area contributed by atoms with Gasteiger partial charge in [0, 0.05) is 29.7 Å². The smallest absolute Gasteiger partial charge is 0.226 e. The predicted octanol–water partition coefficient (Wildman–Crippen LogP) is 4.11. The maximum Gasteiger partial charge on any atom is 0.226 e. The van der Waals surface area contributed by atoms with Gasteiger partial charge in [0.05, 0.1) is 19.9 Å². The molecule has 24 heavy (non-hydrogen) atoms. The number of carbonyl (C=O) groups excluding carboxylic acids is 1. The van der Waals surface area contributed by atoms with Crippen LogP contribution < -0.4 is 20.1 Å². The van der Waals surface area contributed by atoms with Crippen molar-refractivity contribution in [1.82, 2.24) is 0 Å². The molecule has 1 amide bonds. The maximum absolute atomic E-state index is 12.1. The lowest BCUT2D eigenvalue weighted by atomic mass is 10.2. The van der Waals surface area contributed by atoms with Crippen molar-refractivity contribution in [2.24, 2.45) is 0 Å². The molecule has 2 aromatic rings. The first-order valence-corrected chi connectivity index (χ1v) is 7.93. The summed E-state index contributed by atoms with van der Waals surface area (Å²) < 4.78 is 10.4. The summed E-state index contributed by atoms with van der Waals surface area (Å²) in [5, 5.41) is 6.76. The topological polar surface area (TPSA) is 59.6 Å². The number of ether oxygens (including phenoxy) is 2. The highest BCUT2D eigenvalue weighted by molar-refractivity contribution is 6.31. The molecule has 2 N–H and O–H groups in total. The summed E-state index contributed by atoms with van der Waals surface area (Å²) in [6.45, 7) is 2.44. The highest BCUT2D eigenvalue weighted by atomic mass is 35.5. The van der Waals surface area contributed by atoms with Crippen molar-refractivity contribution in [3.05, 3.63) is 47.0 Å². The molecule has 0 aliphatic heterocycles. The molecule has 0 radical (unpaired) electrons. The van der Waals surface area contributed by atoms with Crippen LogP contribution >= 0.6 is 11.6 Å². The third-order valence-electron chi connectivity index (χ3n) is 3.62. The Bertz CT molecular complexity index is 719. The van der Waals surface area contributed by atoms with E-state index >= 15 is 0 Å². The molecule has 0 aliphatic rings. The summed E-state index contributed by atoms with van der Waals surface area (Å²) >= 11 is 6.08. The van der Waals surface area contributed by atoms with E-state index in [9.17, 15) is 4.79 Å². The quantitative estimate of drug-likeness (QED) is 0.790. The molecule has 0 saturated heterocycles. The lowest BCUT2D eigenvalue weighted by Crippen LogP contribution is -2.17. The third kappa shape index (κ3) is 4.55. The number of nitrogens with one attached hydrogen (secondary N) is 2. The molecule has 2 aromatic carbocycles. The number of hydrogen-bond donors (Lipinski definition) is 2. The van der Waals surface area contributed by atoms with Gasteiger partial charge in [0.15, 0.2) is 0 Å². The molecule has 0 spiro atoms. The van der Waals surface area contributed by atoms with Crippen molar-refractivity contribution in [3.63, 3.8) is 0 Å². The van der Waals surface area contributed by atoms with Crippen molar-refractivity contribution in [2.75, 3.05) is 31.4 Å². The van der Waals surface area contributed by atoms with Crippen LogP contribution in [0.4, 0.5) is 11.4 Å². The molecule has 0 aromatic heterocycles. The highest BCUT2D eigenvalue weighted by Gasteiger charge is 2.09. The second-order valence-corrected chi connectivity index (χ2v) is 5.61. The molecule has 0 unspecified atom stereocenters. The summed E-state index contributed by atoms with van der Waals surface area (Å²) in [4.78, 5) is 12.1. The first kappa shape index (κ1) is 17.9. The molecule has 2 rings (SSSR count). The Hall–Kier alpha value is -2.40. The second kappa shape index (κ2) is 8.45. The fraction of sp³-hybridized carbons (Fsp3) is 0.278. The number of rotatable bonds is 7. The molecule has 0 atom stereocenters. The Balaban J connectivity index is 1.93. The number of amides is 1. The van der Waals surface area contributed by atoms with Crippen LogP contribution in [0.1, 0.15) is 12.0 Å². The van der Waals surface area contributed by atoms with Gasteiger partial charge in [-0.3, -0.25) is 4.79 Å². The van der Waals surface area contributed by atoms with E-state index in [2.05, 4.69) is 10.6 Å². The monoisotopic (exact) mass is 348 g/mol. The van der Waals surface area contributed by atoms with Gasteiger partial charge in [0.1, 0.15) is 11.5 Å². The predicted molar refractivity (Wildman–Crippen MR) is 97.5 cm³/mol. The summed E-state index contributed by atoms with van der Waals surface area (Å²) in [6.07, 6.45) is 0.312. The van der Waals surface area contributed by atoms with Crippen molar-refractivity contribution in [3.8, 4) is 11.5 Å². The van der Waals surface area contributed by atoms with Crippen molar-refractivity contribution in [2.45, 2.75) is 13.3 Å². The Labute approximate surface area is 146 Å². The van der Waals surface area contributed by atoms with E-state index in [4.69, 9.17) is 21.1 Å². The van der Waals surface area contributed by atoms with Crippen LogP contribution in [0.3, 0.4) is 0 Å². The van der Waals surface area contributed by atoms with E-state index in [0.29, 0.717) is 35.2 Å². The zero-order chi connectivity index (χ0) is 17.5. The van der Waals surface area contributed by atoms with Crippen LogP contribution in [0, 0.1) is 6.92 Å². The van der Waals surface area contributed by atoms with Crippen LogP contribution in [-0.4, -0.2) is 26.7 Å². The Morgan fingerprint density at radius 2 is 1.92 bits per heavy atom. The number of benzene rings is 2. The lowest BCUT2D eigenvalue weighted by Gasteiger charge is -2.13. The summed E-state index contributed by atoms with van der Waals surface area (Å²) in [6, 6.07) is 10.9. The minimum absolute atomic E-state index is 0.117. The van der Waals surface area contributed by atoms with Crippen LogP contribution in [-0.2, 0) is 4.79 Å². The number of methoxy groups -OCH3 is 2. The van der Waals surface area contributed by atoms with E-state index in [-0.39, 0.29) is 5.91 Å². The fourth-order valence-corrected chi connectivity index (χ4v) is 2.41. The standard InChI is InChI=1S/C18H21ClN2O3/c1-12-14(19)5-4-6-15(12)20-10-9-18(22)21-16-11-13(23-2)7-8-17(16)24-3/h4-8,11,20H,9-10H2,1-3H3,(H,21,22). The van der Waals surface area contributed by atoms with Crippen LogP contribution in [0.25, 0.3) is 0 Å². The SMILES string of the molecule is COc1ccc(OC)c(NC(=O)CCNc2cccc(Cl)c2C)c1. The third-order valence-corrected chi connectivity index (χ3v) is 4.03. The van der Waals surface area contributed by atoms with Gasteiger partial charge < -0.3 is 20.1 Å². The number of anilines is 2. The molecular formula is C18H21ClN2O3. The average molecular weight is 349 g/mol. The van der Waals surface area contributed by atoms with Gasteiger partial charge in [-0.2, -0.15) is 0 Å². The molecule has 0 aliphatic carbocycles. The molecule has 0 fully saturated rings. The Morgan fingerprint density at radius 1 is 1.12 bits per heavy atom. The van der Waals surface area contributed by atoms with E-state index in [0.717, 1.165) is 11.3 Å². The largest absolute Gasteiger partial charge is 0.497 e. The normalized spacial score (nSPS) is 10.2. The van der Waals surface area contributed by atoms with Crippen molar-refractivity contribution >= 4 is 28.9 Å². The average Bonchev–Trinajstić information content (AvgIpc) is 2.58. The van der Waals surface area contributed by atoms with Gasteiger partial charge >= 0.3 is 0 Å². The first-order chi connectivity index (χ1) is 11.5. The number of carbonyl (C=O) groups is 1. The van der Waals surface area contributed by atoms with Crippen molar-refractivity contribution < 1.29 is 14.3 Å². The molecule has 0 heterocycles. The summed E-state index contributed by atoms with van der Waals surface area (Å²) in [5.74, 6) is 1.12. The van der Waals surface area contributed by atoms with Gasteiger partial charge in [-0.05, 0) is 36.8 Å². The Kier molecular flexibility index (Phi) is 6.32. The van der Waals surface area contributed by atoms with Gasteiger partial charge in [-0.25, -0.2) is 0 Å². The zero-order valence-electron chi connectivity index (χ0n) is 14.0. The zero-order valence-corrected chi connectivity index (χ0v) is 14.7. The van der Waals surface area contributed by atoms with E-state index in [1.165, 1.54) is 0 Å². The second-order valence-electron chi connectivity index (χ2n) is 5.20. The fourth-order valence-electron chi connectivity index (χ4n) is 2.23. The van der Waals surface area contributed by atoms with Crippen LogP contribution in [0.15, 0.2) is 36.4 Å². The van der Waals surface area contributed by atoms with E-state index in [1.807, 2.05) is 25.1 Å². The summed E-state index contributed by atoms with van der Waals surface area (Å²) in [5.41, 5.74) is 2.48. The minimum Gasteiger partial charge on any atom is -0.497 e. The van der Waals surface area contributed by atoms with Crippen molar-refractivity contribution in [1.29, 1.82) is 0 Å². The Morgan fingerprint density at radius 3 is 2.62 bits per heavy atom. The molecule has 6 heteroatoms. The van der Waals surface area contributed by atoms with E-state index in [1.54, 1.807) is 32.4 Å². The molecule has 128 valence electrons. The molecular weight excluding hydrogens is 328 g/mol. The molecule has 5 nitrogen and oxygen atoms in total. The molecule has 0 saturated carbocycles. The van der Waals surface area contributed by atoms with Gasteiger partial charge in [0.25, 0.3) is 0 Å². The maximum atomic E-state index is 12.1. The molecule has 0 bridgehead atoms. The minimum atomic E-state index is -0.117. The van der Waals surface area contributed by atoms with Gasteiger partial charge in [-0.15, -0.1) is 0 Å². The number of hydrogen-bond acceptors (Lipinski definition) is 4. The number of halogens is 1. The summed E-state index contributed by atoms with van der Waals surface area (Å²) in [7, 11) is 3.13. The lowest BCUT2D eigenvalue weighted by molar-refractivity contribution is -0.116. The van der Waals surface area contributed by atoms with Crippen LogP contribution in [0.5, 0.6) is 11.5 Å². The first-order valence-electron chi connectivity index (χ1n) is 7.56.